The van der Waals surface area contributed by atoms with Crippen LogP contribution in [-0.4, -0.2) is 36.9 Å². The molecule has 1 aromatic rings. The van der Waals surface area contributed by atoms with Gasteiger partial charge in [-0.3, -0.25) is 9.59 Å². The standard InChI is InChI=1S/C14H21N3O2/c1-4-10(15)9-13(18)16-12-8-6-5-7-11(12)14(19)17(2)3/h5-8,10H,4,9,15H2,1-3H3,(H,16,18). The second-order valence-electron chi connectivity index (χ2n) is 4.67. The number of carbonyl (C=O) groups is 2. The topological polar surface area (TPSA) is 75.4 Å². The molecule has 0 heterocycles. The second-order valence-corrected chi connectivity index (χ2v) is 4.67. The Labute approximate surface area is 113 Å². The number of para-hydroxylation sites is 1. The first-order chi connectivity index (χ1) is 8.95. The summed E-state index contributed by atoms with van der Waals surface area (Å²) in [4.78, 5) is 25.3. The van der Waals surface area contributed by atoms with E-state index in [2.05, 4.69) is 5.32 Å². The maximum atomic E-state index is 12.0. The number of nitrogens with zero attached hydrogens (tertiary/aromatic N) is 1. The third-order valence-electron chi connectivity index (χ3n) is 2.81. The number of nitrogens with one attached hydrogen (secondary N) is 1. The predicted molar refractivity (Wildman–Crippen MR) is 76.0 cm³/mol. The van der Waals surface area contributed by atoms with Crippen LogP contribution in [0.4, 0.5) is 5.69 Å². The lowest BCUT2D eigenvalue weighted by atomic mass is 10.1. The molecule has 0 aromatic heterocycles. The summed E-state index contributed by atoms with van der Waals surface area (Å²) in [5.74, 6) is -0.316. The minimum Gasteiger partial charge on any atom is -0.345 e. The minimum atomic E-state index is -0.173. The van der Waals surface area contributed by atoms with E-state index in [0.29, 0.717) is 11.3 Å². The molecule has 0 saturated carbocycles. The van der Waals surface area contributed by atoms with E-state index >= 15 is 0 Å². The van der Waals surface area contributed by atoms with Crippen LogP contribution >= 0.6 is 0 Å². The molecule has 0 aliphatic carbocycles. The van der Waals surface area contributed by atoms with Crippen LogP contribution in [0.15, 0.2) is 24.3 Å². The highest BCUT2D eigenvalue weighted by Gasteiger charge is 2.15. The molecular formula is C14H21N3O2. The summed E-state index contributed by atoms with van der Waals surface area (Å²) in [6.45, 7) is 1.93. The van der Waals surface area contributed by atoms with E-state index in [-0.39, 0.29) is 24.3 Å². The van der Waals surface area contributed by atoms with Gasteiger partial charge < -0.3 is 16.0 Å². The molecule has 5 nitrogen and oxygen atoms in total. The lowest BCUT2D eigenvalue weighted by Gasteiger charge is -2.15. The number of anilines is 1. The molecule has 2 amide bonds. The summed E-state index contributed by atoms with van der Waals surface area (Å²) < 4.78 is 0. The molecule has 1 aromatic carbocycles. The largest absolute Gasteiger partial charge is 0.345 e. The van der Waals surface area contributed by atoms with Crippen LogP contribution in [0.1, 0.15) is 30.1 Å². The highest BCUT2D eigenvalue weighted by Crippen LogP contribution is 2.17. The number of carbonyl (C=O) groups excluding carboxylic acids is 2. The first-order valence-electron chi connectivity index (χ1n) is 6.31. The monoisotopic (exact) mass is 263 g/mol. The van der Waals surface area contributed by atoms with E-state index in [4.69, 9.17) is 5.73 Å². The van der Waals surface area contributed by atoms with Crippen LogP contribution in [-0.2, 0) is 4.79 Å². The third-order valence-corrected chi connectivity index (χ3v) is 2.81. The average Bonchev–Trinajstić information content (AvgIpc) is 2.38. The van der Waals surface area contributed by atoms with Crippen molar-refractivity contribution in [2.75, 3.05) is 19.4 Å². The maximum absolute atomic E-state index is 12.0. The molecular weight excluding hydrogens is 242 g/mol. The number of amides is 2. The lowest BCUT2D eigenvalue weighted by Crippen LogP contribution is -2.28. The quantitative estimate of drug-likeness (QED) is 0.844. The van der Waals surface area contributed by atoms with Crippen molar-refractivity contribution in [1.82, 2.24) is 4.90 Å². The van der Waals surface area contributed by atoms with Crippen molar-refractivity contribution in [3.05, 3.63) is 29.8 Å². The van der Waals surface area contributed by atoms with Crippen molar-refractivity contribution >= 4 is 17.5 Å². The van der Waals surface area contributed by atoms with Crippen LogP contribution in [0, 0.1) is 0 Å². The first kappa shape index (κ1) is 15.2. The molecule has 1 unspecified atom stereocenters. The summed E-state index contributed by atoms with van der Waals surface area (Å²) in [5.41, 5.74) is 6.74. The van der Waals surface area contributed by atoms with Crippen molar-refractivity contribution < 1.29 is 9.59 Å². The Morgan fingerprint density at radius 1 is 1.32 bits per heavy atom. The molecule has 1 atom stereocenters. The van der Waals surface area contributed by atoms with Crippen LogP contribution in [0.5, 0.6) is 0 Å². The number of rotatable bonds is 5. The van der Waals surface area contributed by atoms with Gasteiger partial charge in [0.15, 0.2) is 0 Å². The third kappa shape index (κ3) is 4.37. The fourth-order valence-electron chi connectivity index (χ4n) is 1.60. The summed E-state index contributed by atoms with van der Waals surface area (Å²) in [7, 11) is 3.35. The predicted octanol–water partition coefficient (Wildman–Crippen LogP) is 1.45. The molecule has 5 heteroatoms. The van der Waals surface area contributed by atoms with Crippen LogP contribution in [0.25, 0.3) is 0 Å². The van der Waals surface area contributed by atoms with Gasteiger partial charge in [-0.25, -0.2) is 0 Å². The van der Waals surface area contributed by atoms with Crippen molar-refractivity contribution in [3.8, 4) is 0 Å². The highest BCUT2D eigenvalue weighted by molar-refractivity contribution is 6.03. The van der Waals surface area contributed by atoms with E-state index in [1.165, 1.54) is 4.90 Å². The van der Waals surface area contributed by atoms with E-state index in [0.717, 1.165) is 6.42 Å². The Morgan fingerprint density at radius 3 is 2.53 bits per heavy atom. The van der Waals surface area contributed by atoms with E-state index in [1.54, 1.807) is 38.4 Å². The molecule has 0 spiro atoms. The van der Waals surface area contributed by atoms with Gasteiger partial charge in [0.25, 0.3) is 5.91 Å². The Morgan fingerprint density at radius 2 is 1.95 bits per heavy atom. The number of benzene rings is 1. The van der Waals surface area contributed by atoms with Gasteiger partial charge in [0.1, 0.15) is 0 Å². The fraction of sp³-hybridized carbons (Fsp3) is 0.429. The molecule has 0 aliphatic heterocycles. The molecule has 19 heavy (non-hydrogen) atoms. The van der Waals surface area contributed by atoms with Gasteiger partial charge in [0, 0.05) is 26.6 Å². The van der Waals surface area contributed by atoms with E-state index < -0.39 is 0 Å². The van der Waals surface area contributed by atoms with Gasteiger partial charge in [-0.05, 0) is 18.6 Å². The van der Waals surface area contributed by atoms with Gasteiger partial charge in [-0.2, -0.15) is 0 Å². The van der Waals surface area contributed by atoms with Gasteiger partial charge in [0.05, 0.1) is 11.3 Å². The summed E-state index contributed by atoms with van der Waals surface area (Å²) in [6, 6.07) is 6.80. The Kier molecular flexibility index (Phi) is 5.51. The van der Waals surface area contributed by atoms with Gasteiger partial charge >= 0.3 is 0 Å². The van der Waals surface area contributed by atoms with Crippen molar-refractivity contribution in [2.45, 2.75) is 25.8 Å². The molecule has 104 valence electrons. The number of nitrogens with two attached hydrogens (primary N) is 1. The van der Waals surface area contributed by atoms with Crippen molar-refractivity contribution in [3.63, 3.8) is 0 Å². The SMILES string of the molecule is CCC(N)CC(=O)Nc1ccccc1C(=O)N(C)C. The Hall–Kier alpha value is -1.88. The van der Waals surface area contributed by atoms with E-state index in [1.807, 2.05) is 6.92 Å². The first-order valence-corrected chi connectivity index (χ1v) is 6.31. The van der Waals surface area contributed by atoms with Gasteiger partial charge in [0.2, 0.25) is 5.91 Å². The Balaban J connectivity index is 2.84. The van der Waals surface area contributed by atoms with Crippen LogP contribution in [0.2, 0.25) is 0 Å². The smallest absolute Gasteiger partial charge is 0.255 e. The van der Waals surface area contributed by atoms with Crippen LogP contribution < -0.4 is 11.1 Å². The summed E-state index contributed by atoms with van der Waals surface area (Å²) >= 11 is 0. The van der Waals surface area contributed by atoms with Gasteiger partial charge in [-0.15, -0.1) is 0 Å². The molecule has 0 aliphatic rings. The second kappa shape index (κ2) is 6.89. The zero-order valence-corrected chi connectivity index (χ0v) is 11.6. The lowest BCUT2D eigenvalue weighted by molar-refractivity contribution is -0.116. The van der Waals surface area contributed by atoms with Crippen molar-refractivity contribution in [1.29, 1.82) is 0 Å². The van der Waals surface area contributed by atoms with Gasteiger partial charge in [-0.1, -0.05) is 19.1 Å². The highest BCUT2D eigenvalue weighted by atomic mass is 16.2. The average molecular weight is 263 g/mol. The normalized spacial score (nSPS) is 11.8. The molecule has 3 N–H and O–H groups in total. The zero-order valence-electron chi connectivity index (χ0n) is 11.6. The molecule has 0 radical (unpaired) electrons. The molecule has 0 saturated heterocycles. The number of hydrogen-bond acceptors (Lipinski definition) is 3. The van der Waals surface area contributed by atoms with Crippen molar-refractivity contribution in [2.24, 2.45) is 5.73 Å². The Bertz CT molecular complexity index is 458. The fourth-order valence-corrected chi connectivity index (χ4v) is 1.60. The molecule has 0 fully saturated rings. The summed E-state index contributed by atoms with van der Waals surface area (Å²) in [6.07, 6.45) is 0.993. The zero-order chi connectivity index (χ0) is 14.4. The van der Waals surface area contributed by atoms with E-state index in [9.17, 15) is 9.59 Å². The van der Waals surface area contributed by atoms with Crippen LogP contribution in [0.3, 0.4) is 0 Å². The maximum Gasteiger partial charge on any atom is 0.255 e. The molecule has 1 rings (SSSR count). The summed E-state index contributed by atoms with van der Waals surface area (Å²) in [5, 5.41) is 2.75. The molecule has 0 bridgehead atoms. The number of hydrogen-bond donors (Lipinski definition) is 2. The minimum absolute atomic E-state index is 0.143.